The molecule has 0 saturated carbocycles. The number of nitrogens with one attached hydrogen (secondary N) is 1. The summed E-state index contributed by atoms with van der Waals surface area (Å²) in [4.78, 5) is 9.07. The van der Waals surface area contributed by atoms with Crippen LogP contribution in [-0.2, 0) is 0 Å². The van der Waals surface area contributed by atoms with Crippen molar-refractivity contribution in [3.05, 3.63) is 42.0 Å². The molecule has 2 aromatic carbocycles. The molecular formula is C18H17N3O2S. The lowest BCUT2D eigenvalue weighted by atomic mass is 10.0. The summed E-state index contributed by atoms with van der Waals surface area (Å²) in [5.41, 5.74) is 3.78. The van der Waals surface area contributed by atoms with Gasteiger partial charge in [0.1, 0.15) is 11.3 Å². The molecule has 5 nitrogen and oxygen atoms in total. The molecule has 0 bridgehead atoms. The van der Waals surface area contributed by atoms with Crippen molar-refractivity contribution in [2.24, 2.45) is 0 Å². The van der Waals surface area contributed by atoms with Crippen LogP contribution in [0.15, 0.2) is 40.8 Å². The van der Waals surface area contributed by atoms with E-state index in [4.69, 9.17) is 9.15 Å². The Hall–Kier alpha value is -2.60. The standard InChI is InChI=1S/C18H17N3O2S/c1-10(2)11-4-7-15-14(8-11)19-17(23-15)21-18-20-13-6-5-12(22-3)9-16(13)24-18/h4-10H,1-3H3,(H,19,20,21). The summed E-state index contributed by atoms with van der Waals surface area (Å²) in [5, 5.41) is 3.90. The molecule has 122 valence electrons. The monoisotopic (exact) mass is 339 g/mol. The Labute approximate surface area is 143 Å². The van der Waals surface area contributed by atoms with Crippen molar-refractivity contribution in [3.63, 3.8) is 0 Å². The van der Waals surface area contributed by atoms with Gasteiger partial charge in [0.15, 0.2) is 10.7 Å². The van der Waals surface area contributed by atoms with E-state index in [9.17, 15) is 0 Å². The normalized spacial score (nSPS) is 11.5. The van der Waals surface area contributed by atoms with E-state index in [1.165, 1.54) is 16.9 Å². The van der Waals surface area contributed by atoms with E-state index in [1.54, 1.807) is 7.11 Å². The topological polar surface area (TPSA) is 60.2 Å². The van der Waals surface area contributed by atoms with Gasteiger partial charge in [-0.1, -0.05) is 31.3 Å². The van der Waals surface area contributed by atoms with Crippen LogP contribution in [-0.4, -0.2) is 17.1 Å². The van der Waals surface area contributed by atoms with E-state index in [2.05, 4.69) is 41.3 Å². The fourth-order valence-corrected chi connectivity index (χ4v) is 3.42. The number of rotatable bonds is 4. The first-order valence-corrected chi connectivity index (χ1v) is 8.56. The van der Waals surface area contributed by atoms with Crippen LogP contribution < -0.4 is 10.1 Å². The zero-order chi connectivity index (χ0) is 16.7. The summed E-state index contributed by atoms with van der Waals surface area (Å²) in [6.07, 6.45) is 0. The number of methoxy groups -OCH3 is 1. The molecule has 0 radical (unpaired) electrons. The summed E-state index contributed by atoms with van der Waals surface area (Å²) >= 11 is 1.54. The summed E-state index contributed by atoms with van der Waals surface area (Å²) < 4.78 is 12.1. The van der Waals surface area contributed by atoms with Crippen LogP contribution >= 0.6 is 11.3 Å². The molecule has 0 fully saturated rings. The average Bonchev–Trinajstić information content (AvgIpc) is 3.15. The van der Waals surface area contributed by atoms with Gasteiger partial charge in [0, 0.05) is 0 Å². The van der Waals surface area contributed by atoms with E-state index in [0.29, 0.717) is 11.9 Å². The van der Waals surface area contributed by atoms with Crippen LogP contribution in [0.4, 0.5) is 11.1 Å². The molecule has 0 saturated heterocycles. The molecule has 0 aliphatic heterocycles. The Bertz CT molecular complexity index is 1020. The largest absolute Gasteiger partial charge is 0.497 e. The van der Waals surface area contributed by atoms with Crippen molar-refractivity contribution in [1.82, 2.24) is 9.97 Å². The fourth-order valence-electron chi connectivity index (χ4n) is 2.53. The van der Waals surface area contributed by atoms with Gasteiger partial charge in [0.2, 0.25) is 0 Å². The van der Waals surface area contributed by atoms with Gasteiger partial charge in [0.25, 0.3) is 0 Å². The SMILES string of the molecule is COc1ccc2nc(Nc3nc4cc(C(C)C)ccc4o3)sc2c1. The molecule has 0 aliphatic carbocycles. The van der Waals surface area contributed by atoms with Crippen LogP contribution in [0.3, 0.4) is 0 Å². The molecule has 2 heterocycles. The van der Waals surface area contributed by atoms with Crippen molar-refractivity contribution in [1.29, 1.82) is 0 Å². The Morgan fingerprint density at radius 3 is 2.75 bits per heavy atom. The second kappa shape index (κ2) is 5.79. The van der Waals surface area contributed by atoms with Crippen LogP contribution in [0.2, 0.25) is 0 Å². The van der Waals surface area contributed by atoms with Crippen molar-refractivity contribution >= 4 is 43.8 Å². The van der Waals surface area contributed by atoms with Gasteiger partial charge in [0.05, 0.1) is 17.3 Å². The fraction of sp³-hybridized carbons (Fsp3) is 0.222. The lowest BCUT2D eigenvalue weighted by molar-refractivity contribution is 0.415. The van der Waals surface area contributed by atoms with Gasteiger partial charge in [-0.2, -0.15) is 4.98 Å². The molecule has 0 aliphatic rings. The van der Waals surface area contributed by atoms with E-state index in [0.717, 1.165) is 32.2 Å². The number of aromatic nitrogens is 2. The number of thiazole rings is 1. The molecule has 6 heteroatoms. The Kier molecular flexibility index (Phi) is 3.61. The van der Waals surface area contributed by atoms with Gasteiger partial charge in [-0.3, -0.25) is 5.32 Å². The highest BCUT2D eigenvalue weighted by Gasteiger charge is 2.11. The maximum absolute atomic E-state index is 5.77. The van der Waals surface area contributed by atoms with Crippen LogP contribution in [0, 0.1) is 0 Å². The van der Waals surface area contributed by atoms with Crippen LogP contribution in [0.5, 0.6) is 5.75 Å². The molecular weight excluding hydrogens is 322 g/mol. The number of hydrogen-bond acceptors (Lipinski definition) is 6. The van der Waals surface area contributed by atoms with E-state index < -0.39 is 0 Å². The molecule has 4 aromatic rings. The van der Waals surface area contributed by atoms with E-state index >= 15 is 0 Å². The van der Waals surface area contributed by atoms with Gasteiger partial charge in [-0.25, -0.2) is 4.98 Å². The molecule has 24 heavy (non-hydrogen) atoms. The minimum atomic E-state index is 0.455. The lowest BCUT2D eigenvalue weighted by Gasteiger charge is -2.02. The smallest absolute Gasteiger partial charge is 0.302 e. The van der Waals surface area contributed by atoms with Crippen molar-refractivity contribution in [3.8, 4) is 5.75 Å². The molecule has 4 rings (SSSR count). The number of nitrogens with zero attached hydrogens (tertiary/aromatic N) is 2. The predicted molar refractivity (Wildman–Crippen MR) is 97.6 cm³/mol. The number of benzene rings is 2. The zero-order valence-corrected chi connectivity index (χ0v) is 14.5. The summed E-state index contributed by atoms with van der Waals surface area (Å²) in [6, 6.07) is 12.4. The van der Waals surface area contributed by atoms with E-state index in [-0.39, 0.29) is 0 Å². The van der Waals surface area contributed by atoms with E-state index in [1.807, 2.05) is 24.3 Å². The molecule has 0 amide bonds. The predicted octanol–water partition coefficient (Wildman–Crippen LogP) is 5.31. The molecule has 0 atom stereocenters. The van der Waals surface area contributed by atoms with Gasteiger partial charge < -0.3 is 9.15 Å². The summed E-state index contributed by atoms with van der Waals surface area (Å²) in [5.74, 6) is 1.28. The lowest BCUT2D eigenvalue weighted by Crippen LogP contribution is -1.88. The maximum Gasteiger partial charge on any atom is 0.302 e. The number of fused-ring (bicyclic) bond motifs is 2. The van der Waals surface area contributed by atoms with Gasteiger partial charge >= 0.3 is 6.01 Å². The Morgan fingerprint density at radius 1 is 1.08 bits per heavy atom. The third-order valence-electron chi connectivity index (χ3n) is 3.89. The zero-order valence-electron chi connectivity index (χ0n) is 13.7. The first kappa shape index (κ1) is 15.0. The van der Waals surface area contributed by atoms with Gasteiger partial charge in [-0.15, -0.1) is 0 Å². The second-order valence-electron chi connectivity index (χ2n) is 5.88. The Balaban J connectivity index is 1.66. The minimum Gasteiger partial charge on any atom is -0.497 e. The number of oxazole rings is 1. The molecule has 0 unspecified atom stereocenters. The quantitative estimate of drug-likeness (QED) is 0.546. The van der Waals surface area contributed by atoms with Crippen LogP contribution in [0.25, 0.3) is 21.3 Å². The molecule has 1 N–H and O–H groups in total. The van der Waals surface area contributed by atoms with Crippen molar-refractivity contribution in [2.45, 2.75) is 19.8 Å². The van der Waals surface area contributed by atoms with Crippen molar-refractivity contribution < 1.29 is 9.15 Å². The molecule has 2 aromatic heterocycles. The van der Waals surface area contributed by atoms with Gasteiger partial charge in [-0.05, 0) is 41.8 Å². The average molecular weight is 339 g/mol. The number of ether oxygens (including phenoxy) is 1. The Morgan fingerprint density at radius 2 is 1.96 bits per heavy atom. The van der Waals surface area contributed by atoms with Crippen LogP contribution in [0.1, 0.15) is 25.3 Å². The minimum absolute atomic E-state index is 0.455. The first-order valence-electron chi connectivity index (χ1n) is 7.74. The third-order valence-corrected chi connectivity index (χ3v) is 4.82. The third kappa shape index (κ3) is 2.69. The number of hydrogen-bond donors (Lipinski definition) is 1. The first-order chi connectivity index (χ1) is 11.6. The summed E-state index contributed by atoms with van der Waals surface area (Å²) in [7, 11) is 1.66. The number of anilines is 2. The van der Waals surface area contributed by atoms with Crippen molar-refractivity contribution in [2.75, 3.05) is 12.4 Å². The maximum atomic E-state index is 5.77. The second-order valence-corrected chi connectivity index (χ2v) is 6.91. The molecule has 0 spiro atoms. The summed E-state index contributed by atoms with van der Waals surface area (Å²) in [6.45, 7) is 4.33. The highest BCUT2D eigenvalue weighted by molar-refractivity contribution is 7.22. The highest BCUT2D eigenvalue weighted by atomic mass is 32.1. The highest BCUT2D eigenvalue weighted by Crippen LogP contribution is 2.32.